The standard InChI is InChI=1S/C19H30ClN/c1-14(2)13-19(9-5-6-10-19)18(21-4)12-16-8-7-15(3)11-17(16)20/h7-8,11,14,18,21H,5-6,9-10,12-13H2,1-4H3. The van der Waals surface area contributed by atoms with Gasteiger partial charge in [0.2, 0.25) is 0 Å². The smallest absolute Gasteiger partial charge is 0.0441 e. The maximum absolute atomic E-state index is 6.46. The van der Waals surface area contributed by atoms with Gasteiger partial charge in [0, 0.05) is 11.1 Å². The van der Waals surface area contributed by atoms with Gasteiger partial charge in [0.15, 0.2) is 0 Å². The van der Waals surface area contributed by atoms with E-state index >= 15 is 0 Å². The third kappa shape index (κ3) is 4.02. The number of aryl methyl sites for hydroxylation is 1. The summed E-state index contributed by atoms with van der Waals surface area (Å²) in [7, 11) is 2.12. The molecule has 1 atom stereocenters. The van der Waals surface area contributed by atoms with Crippen molar-refractivity contribution in [1.29, 1.82) is 0 Å². The highest BCUT2D eigenvalue weighted by atomic mass is 35.5. The molecule has 1 aliphatic carbocycles. The Kier molecular flexibility index (Phi) is 5.73. The molecule has 0 amide bonds. The second-order valence-electron chi connectivity index (χ2n) is 7.31. The normalized spacial score (nSPS) is 19.1. The van der Waals surface area contributed by atoms with Gasteiger partial charge in [-0.15, -0.1) is 0 Å². The lowest BCUT2D eigenvalue weighted by Gasteiger charge is -2.39. The largest absolute Gasteiger partial charge is 0.316 e. The van der Waals surface area contributed by atoms with E-state index in [0.29, 0.717) is 11.5 Å². The molecule has 0 aliphatic heterocycles. The molecule has 1 fully saturated rings. The summed E-state index contributed by atoms with van der Waals surface area (Å²) in [5.41, 5.74) is 2.98. The summed E-state index contributed by atoms with van der Waals surface area (Å²) >= 11 is 6.46. The third-order valence-corrected chi connectivity index (χ3v) is 5.49. The number of nitrogens with one attached hydrogen (secondary N) is 1. The van der Waals surface area contributed by atoms with Crippen LogP contribution < -0.4 is 5.32 Å². The van der Waals surface area contributed by atoms with Crippen LogP contribution in [0.2, 0.25) is 5.02 Å². The summed E-state index contributed by atoms with van der Waals surface area (Å²) in [5, 5.41) is 4.55. The number of hydrogen-bond acceptors (Lipinski definition) is 1. The maximum Gasteiger partial charge on any atom is 0.0441 e. The average molecular weight is 308 g/mol. The minimum atomic E-state index is 0.455. The molecule has 0 aromatic heterocycles. The van der Waals surface area contributed by atoms with Gasteiger partial charge >= 0.3 is 0 Å². The number of rotatable bonds is 6. The fraction of sp³-hybridized carbons (Fsp3) is 0.684. The van der Waals surface area contributed by atoms with Crippen molar-refractivity contribution in [2.75, 3.05) is 7.05 Å². The molecule has 2 rings (SSSR count). The summed E-state index contributed by atoms with van der Waals surface area (Å²) < 4.78 is 0. The van der Waals surface area contributed by atoms with Crippen LogP contribution in [0.4, 0.5) is 0 Å². The van der Waals surface area contributed by atoms with Gasteiger partial charge < -0.3 is 5.32 Å². The first kappa shape index (κ1) is 16.8. The average Bonchev–Trinajstić information content (AvgIpc) is 2.86. The van der Waals surface area contributed by atoms with Crippen LogP contribution in [-0.4, -0.2) is 13.1 Å². The molecule has 0 bridgehead atoms. The van der Waals surface area contributed by atoms with Crippen molar-refractivity contribution in [2.45, 2.75) is 65.3 Å². The molecule has 1 aromatic rings. The highest BCUT2D eigenvalue weighted by Gasteiger charge is 2.40. The lowest BCUT2D eigenvalue weighted by molar-refractivity contribution is 0.160. The summed E-state index contributed by atoms with van der Waals surface area (Å²) in [6, 6.07) is 7.01. The van der Waals surface area contributed by atoms with E-state index in [1.54, 1.807) is 0 Å². The Bertz CT molecular complexity index is 461. The fourth-order valence-corrected chi connectivity index (χ4v) is 4.56. The van der Waals surface area contributed by atoms with Gasteiger partial charge in [-0.2, -0.15) is 0 Å². The van der Waals surface area contributed by atoms with E-state index in [2.05, 4.69) is 51.3 Å². The lowest BCUT2D eigenvalue weighted by atomic mass is 9.71. The number of hydrogen-bond donors (Lipinski definition) is 1. The monoisotopic (exact) mass is 307 g/mol. The molecular weight excluding hydrogens is 278 g/mol. The van der Waals surface area contributed by atoms with Crippen LogP contribution in [0.5, 0.6) is 0 Å². The molecule has 1 aromatic carbocycles. The van der Waals surface area contributed by atoms with Crippen molar-refractivity contribution in [2.24, 2.45) is 11.3 Å². The number of benzene rings is 1. The fourth-order valence-electron chi connectivity index (χ4n) is 4.25. The van der Waals surface area contributed by atoms with Gasteiger partial charge in [-0.3, -0.25) is 0 Å². The Hall–Kier alpha value is -0.530. The van der Waals surface area contributed by atoms with E-state index in [9.17, 15) is 0 Å². The van der Waals surface area contributed by atoms with Crippen LogP contribution in [0.1, 0.15) is 57.1 Å². The Labute approximate surface area is 135 Å². The van der Waals surface area contributed by atoms with E-state index in [1.807, 2.05) is 0 Å². The molecule has 0 spiro atoms. The molecule has 118 valence electrons. The second-order valence-corrected chi connectivity index (χ2v) is 7.71. The second kappa shape index (κ2) is 7.15. The van der Waals surface area contributed by atoms with Crippen LogP contribution in [0.25, 0.3) is 0 Å². The highest BCUT2D eigenvalue weighted by molar-refractivity contribution is 6.31. The van der Waals surface area contributed by atoms with Gasteiger partial charge in [-0.1, -0.05) is 50.4 Å². The lowest BCUT2D eigenvalue weighted by Crippen LogP contribution is -2.44. The Morgan fingerprint density at radius 1 is 1.24 bits per heavy atom. The van der Waals surface area contributed by atoms with Crippen LogP contribution in [0.15, 0.2) is 18.2 Å². The van der Waals surface area contributed by atoms with Crippen molar-refractivity contribution in [1.82, 2.24) is 5.32 Å². The van der Waals surface area contributed by atoms with E-state index in [4.69, 9.17) is 11.6 Å². The molecule has 1 N–H and O–H groups in total. The van der Waals surface area contributed by atoms with Gasteiger partial charge in [0.25, 0.3) is 0 Å². The quantitative estimate of drug-likeness (QED) is 0.743. The van der Waals surface area contributed by atoms with Crippen LogP contribution in [0, 0.1) is 18.3 Å². The molecule has 1 nitrogen and oxygen atoms in total. The van der Waals surface area contributed by atoms with Gasteiger partial charge in [0.1, 0.15) is 0 Å². The first-order chi connectivity index (χ1) is 9.97. The van der Waals surface area contributed by atoms with Crippen molar-refractivity contribution < 1.29 is 0 Å². The zero-order valence-electron chi connectivity index (χ0n) is 14.0. The first-order valence-corrected chi connectivity index (χ1v) is 8.77. The predicted octanol–water partition coefficient (Wildman–Crippen LogP) is 5.39. The maximum atomic E-state index is 6.46. The Morgan fingerprint density at radius 3 is 2.43 bits per heavy atom. The summed E-state index contributed by atoms with van der Waals surface area (Å²) in [5.74, 6) is 0.757. The van der Waals surface area contributed by atoms with Crippen molar-refractivity contribution in [3.05, 3.63) is 34.3 Å². The van der Waals surface area contributed by atoms with Gasteiger partial charge in [-0.05, 0) is 68.2 Å². The van der Waals surface area contributed by atoms with E-state index in [-0.39, 0.29) is 0 Å². The minimum Gasteiger partial charge on any atom is -0.316 e. The zero-order valence-corrected chi connectivity index (χ0v) is 14.8. The summed E-state index contributed by atoms with van der Waals surface area (Å²) in [6.07, 6.45) is 7.85. The van der Waals surface area contributed by atoms with Crippen LogP contribution in [0.3, 0.4) is 0 Å². The van der Waals surface area contributed by atoms with Gasteiger partial charge in [-0.25, -0.2) is 0 Å². The molecule has 1 unspecified atom stereocenters. The summed E-state index contributed by atoms with van der Waals surface area (Å²) in [4.78, 5) is 0. The van der Waals surface area contributed by atoms with E-state index < -0.39 is 0 Å². The van der Waals surface area contributed by atoms with Crippen molar-refractivity contribution in [3.63, 3.8) is 0 Å². The van der Waals surface area contributed by atoms with Crippen LogP contribution in [-0.2, 0) is 6.42 Å². The molecular formula is C19H30ClN. The molecule has 1 aliphatic rings. The number of likely N-dealkylation sites (N-methyl/N-ethyl adjacent to an activating group) is 1. The topological polar surface area (TPSA) is 12.0 Å². The third-order valence-electron chi connectivity index (χ3n) is 5.13. The van der Waals surface area contributed by atoms with Crippen LogP contribution >= 0.6 is 11.6 Å². The summed E-state index contributed by atoms with van der Waals surface area (Å²) in [6.45, 7) is 6.81. The predicted molar refractivity (Wildman–Crippen MR) is 93.1 cm³/mol. The van der Waals surface area contributed by atoms with Gasteiger partial charge in [0.05, 0.1) is 0 Å². The molecule has 0 heterocycles. The zero-order chi connectivity index (χ0) is 15.5. The molecule has 0 radical (unpaired) electrons. The van der Waals surface area contributed by atoms with E-state index in [0.717, 1.165) is 17.4 Å². The molecule has 1 saturated carbocycles. The van der Waals surface area contributed by atoms with E-state index in [1.165, 1.54) is 43.2 Å². The highest BCUT2D eigenvalue weighted by Crippen LogP contribution is 2.47. The SMILES string of the molecule is CNC(Cc1ccc(C)cc1Cl)C1(CC(C)C)CCCC1. The first-order valence-electron chi connectivity index (χ1n) is 8.39. The molecule has 2 heteroatoms. The molecule has 21 heavy (non-hydrogen) atoms. The Balaban J connectivity index is 2.20. The Morgan fingerprint density at radius 2 is 1.90 bits per heavy atom. The minimum absolute atomic E-state index is 0.455. The number of halogens is 1. The van der Waals surface area contributed by atoms with Crippen molar-refractivity contribution in [3.8, 4) is 0 Å². The molecule has 0 saturated heterocycles. The van der Waals surface area contributed by atoms with Crippen molar-refractivity contribution >= 4 is 11.6 Å².